The molecule has 0 amide bonds. The molecule has 0 saturated heterocycles. The Labute approximate surface area is 95.4 Å². The third-order valence-corrected chi connectivity index (χ3v) is 3.54. The van der Waals surface area contributed by atoms with Crippen LogP contribution < -0.4 is 10.5 Å². The Morgan fingerprint density at radius 1 is 1.33 bits per heavy atom. The van der Waals surface area contributed by atoms with E-state index in [1.54, 1.807) is 7.11 Å². The molecule has 0 heterocycles. The van der Waals surface area contributed by atoms with Gasteiger partial charge < -0.3 is 10.5 Å². The minimum absolute atomic E-state index is 0.244. The average molecular weight is 226 g/mol. The molecule has 0 unspecified atom stereocenters. The molecule has 1 aromatic carbocycles. The number of ether oxygens (including phenoxy) is 1. The van der Waals surface area contributed by atoms with E-state index < -0.39 is 0 Å². The Hall–Kier alpha value is -0.730. The predicted molar refractivity (Wildman–Crippen MR) is 62.3 cm³/mol. The molecule has 15 heavy (non-hydrogen) atoms. The van der Waals surface area contributed by atoms with E-state index in [0.717, 1.165) is 29.2 Å². The Kier molecular flexibility index (Phi) is 2.89. The molecular weight excluding hydrogens is 210 g/mol. The van der Waals surface area contributed by atoms with Gasteiger partial charge >= 0.3 is 0 Å². The van der Waals surface area contributed by atoms with Gasteiger partial charge in [0.2, 0.25) is 0 Å². The quantitative estimate of drug-likeness (QED) is 0.840. The van der Waals surface area contributed by atoms with Gasteiger partial charge in [-0.15, -0.1) is 0 Å². The number of hydrogen-bond acceptors (Lipinski definition) is 2. The summed E-state index contributed by atoms with van der Waals surface area (Å²) >= 11 is 6.19. The van der Waals surface area contributed by atoms with Gasteiger partial charge in [-0.05, 0) is 36.6 Å². The first-order valence-electron chi connectivity index (χ1n) is 5.29. The molecule has 0 bridgehead atoms. The number of methoxy groups -OCH3 is 1. The van der Waals surface area contributed by atoms with Gasteiger partial charge in [0.05, 0.1) is 7.11 Å². The number of halogens is 1. The first-order chi connectivity index (χ1) is 7.15. The summed E-state index contributed by atoms with van der Waals surface area (Å²) in [5.41, 5.74) is 7.15. The molecule has 0 atom stereocenters. The summed E-state index contributed by atoms with van der Waals surface area (Å²) in [6.07, 6.45) is 4.40. The van der Waals surface area contributed by atoms with Crippen LogP contribution in [-0.4, -0.2) is 7.11 Å². The lowest BCUT2D eigenvalue weighted by Gasteiger charge is -2.25. The van der Waals surface area contributed by atoms with E-state index in [0.29, 0.717) is 0 Å². The van der Waals surface area contributed by atoms with Crippen molar-refractivity contribution in [1.82, 2.24) is 0 Å². The number of benzene rings is 1. The molecule has 2 rings (SSSR count). The maximum atomic E-state index is 6.36. The average Bonchev–Trinajstić information content (AvgIpc) is 2.67. The van der Waals surface area contributed by atoms with Crippen LogP contribution in [0.4, 0.5) is 0 Å². The van der Waals surface area contributed by atoms with Crippen LogP contribution in [0.1, 0.15) is 31.2 Å². The third kappa shape index (κ3) is 1.97. The van der Waals surface area contributed by atoms with Gasteiger partial charge in [0, 0.05) is 10.6 Å². The highest BCUT2D eigenvalue weighted by Crippen LogP contribution is 2.40. The first kappa shape index (κ1) is 10.8. The van der Waals surface area contributed by atoms with E-state index in [4.69, 9.17) is 22.1 Å². The van der Waals surface area contributed by atoms with Crippen molar-refractivity contribution in [2.45, 2.75) is 31.2 Å². The van der Waals surface area contributed by atoms with Crippen molar-refractivity contribution in [2.24, 2.45) is 5.73 Å². The molecule has 0 aliphatic heterocycles. The predicted octanol–water partition coefficient (Wildman–Crippen LogP) is 3.08. The van der Waals surface area contributed by atoms with Gasteiger partial charge in [-0.25, -0.2) is 0 Å². The van der Waals surface area contributed by atoms with Crippen molar-refractivity contribution < 1.29 is 4.74 Å². The van der Waals surface area contributed by atoms with Crippen LogP contribution in [0.3, 0.4) is 0 Å². The Bertz CT molecular complexity index is 359. The van der Waals surface area contributed by atoms with Crippen LogP contribution in [0, 0.1) is 0 Å². The molecule has 0 radical (unpaired) electrons. The minimum atomic E-state index is -0.244. The summed E-state index contributed by atoms with van der Waals surface area (Å²) < 4.78 is 5.20. The normalized spacial score (nSPS) is 19.1. The summed E-state index contributed by atoms with van der Waals surface area (Å²) in [5, 5.41) is 0.750. The SMILES string of the molecule is COc1ccc(Cl)c(C2(N)CCCC2)c1. The van der Waals surface area contributed by atoms with Gasteiger partial charge in [0.1, 0.15) is 5.75 Å². The molecular formula is C12H16ClNO. The fourth-order valence-corrected chi connectivity index (χ4v) is 2.59. The zero-order valence-corrected chi connectivity index (χ0v) is 9.68. The van der Waals surface area contributed by atoms with Crippen molar-refractivity contribution in [3.05, 3.63) is 28.8 Å². The highest BCUT2D eigenvalue weighted by molar-refractivity contribution is 6.31. The lowest BCUT2D eigenvalue weighted by atomic mass is 9.89. The van der Waals surface area contributed by atoms with Crippen molar-refractivity contribution in [3.8, 4) is 5.75 Å². The summed E-state index contributed by atoms with van der Waals surface area (Å²) in [4.78, 5) is 0. The topological polar surface area (TPSA) is 35.2 Å². The molecule has 1 aromatic rings. The molecule has 2 N–H and O–H groups in total. The van der Waals surface area contributed by atoms with Gasteiger partial charge in [0.25, 0.3) is 0 Å². The lowest BCUT2D eigenvalue weighted by Crippen LogP contribution is -2.33. The molecule has 1 saturated carbocycles. The lowest BCUT2D eigenvalue weighted by molar-refractivity contribution is 0.408. The molecule has 82 valence electrons. The van der Waals surface area contributed by atoms with Crippen molar-refractivity contribution >= 4 is 11.6 Å². The molecule has 1 aliphatic rings. The van der Waals surface area contributed by atoms with Gasteiger partial charge in [0.15, 0.2) is 0 Å². The van der Waals surface area contributed by atoms with E-state index in [1.807, 2.05) is 18.2 Å². The Balaban J connectivity index is 2.41. The van der Waals surface area contributed by atoms with Crippen LogP contribution >= 0.6 is 11.6 Å². The highest BCUT2D eigenvalue weighted by Gasteiger charge is 2.33. The van der Waals surface area contributed by atoms with E-state index in [9.17, 15) is 0 Å². The van der Waals surface area contributed by atoms with Crippen LogP contribution in [0.5, 0.6) is 5.75 Å². The summed E-state index contributed by atoms with van der Waals surface area (Å²) in [6.45, 7) is 0. The van der Waals surface area contributed by atoms with Gasteiger partial charge in [-0.2, -0.15) is 0 Å². The van der Waals surface area contributed by atoms with Crippen LogP contribution in [0.2, 0.25) is 5.02 Å². The van der Waals surface area contributed by atoms with Crippen LogP contribution in [0.25, 0.3) is 0 Å². The van der Waals surface area contributed by atoms with E-state index in [1.165, 1.54) is 12.8 Å². The fraction of sp³-hybridized carbons (Fsp3) is 0.500. The van der Waals surface area contributed by atoms with Crippen LogP contribution in [0.15, 0.2) is 18.2 Å². The standard InChI is InChI=1S/C12H16ClNO/c1-15-9-4-5-11(13)10(8-9)12(14)6-2-3-7-12/h4-5,8H,2-3,6-7,14H2,1H3. The van der Waals surface area contributed by atoms with Crippen molar-refractivity contribution in [2.75, 3.05) is 7.11 Å². The van der Waals surface area contributed by atoms with Gasteiger partial charge in [-0.1, -0.05) is 24.4 Å². The van der Waals surface area contributed by atoms with Gasteiger partial charge in [-0.3, -0.25) is 0 Å². The maximum absolute atomic E-state index is 6.36. The number of nitrogens with two attached hydrogens (primary N) is 1. The second-order valence-electron chi connectivity index (χ2n) is 4.21. The zero-order chi connectivity index (χ0) is 10.9. The summed E-state index contributed by atoms with van der Waals surface area (Å²) in [6, 6.07) is 5.69. The summed E-state index contributed by atoms with van der Waals surface area (Å²) in [7, 11) is 1.66. The summed E-state index contributed by atoms with van der Waals surface area (Å²) in [5.74, 6) is 0.825. The molecule has 2 nitrogen and oxygen atoms in total. The maximum Gasteiger partial charge on any atom is 0.119 e. The van der Waals surface area contributed by atoms with Crippen LogP contribution in [-0.2, 0) is 5.54 Å². The third-order valence-electron chi connectivity index (χ3n) is 3.21. The van der Waals surface area contributed by atoms with E-state index in [2.05, 4.69) is 0 Å². The molecule has 1 fully saturated rings. The van der Waals surface area contributed by atoms with E-state index >= 15 is 0 Å². The Morgan fingerprint density at radius 3 is 2.60 bits per heavy atom. The minimum Gasteiger partial charge on any atom is -0.497 e. The van der Waals surface area contributed by atoms with E-state index in [-0.39, 0.29) is 5.54 Å². The smallest absolute Gasteiger partial charge is 0.119 e. The number of hydrogen-bond donors (Lipinski definition) is 1. The Morgan fingerprint density at radius 2 is 2.00 bits per heavy atom. The first-order valence-corrected chi connectivity index (χ1v) is 5.66. The van der Waals surface area contributed by atoms with Crippen molar-refractivity contribution in [1.29, 1.82) is 0 Å². The second-order valence-corrected chi connectivity index (χ2v) is 4.62. The molecule has 3 heteroatoms. The molecule has 1 aliphatic carbocycles. The monoisotopic (exact) mass is 225 g/mol. The second kappa shape index (κ2) is 4.03. The largest absolute Gasteiger partial charge is 0.497 e. The van der Waals surface area contributed by atoms with Crippen molar-refractivity contribution in [3.63, 3.8) is 0 Å². The number of rotatable bonds is 2. The highest BCUT2D eigenvalue weighted by atomic mass is 35.5. The molecule has 0 spiro atoms. The zero-order valence-electron chi connectivity index (χ0n) is 8.92. The fourth-order valence-electron chi connectivity index (χ4n) is 2.29. The molecule has 0 aromatic heterocycles.